The van der Waals surface area contributed by atoms with E-state index in [0.717, 1.165) is 57.7 Å². The summed E-state index contributed by atoms with van der Waals surface area (Å²) in [5.74, 6) is 1.39. The van der Waals surface area contributed by atoms with Crippen molar-refractivity contribution in [2.45, 2.75) is 27.3 Å². The molecule has 156 valence electrons. The molecule has 5 rings (SSSR count). The van der Waals surface area contributed by atoms with Gasteiger partial charge in [0.2, 0.25) is 0 Å². The number of nitrogens with one attached hydrogen (secondary N) is 3. The van der Waals surface area contributed by atoms with Gasteiger partial charge in [0.05, 0.1) is 16.6 Å². The minimum atomic E-state index is 0.622. The first-order chi connectivity index (χ1) is 15.1. The Hall–Kier alpha value is -3.51. The van der Waals surface area contributed by atoms with E-state index >= 15 is 0 Å². The molecule has 3 N–H and O–H groups in total. The second kappa shape index (κ2) is 7.96. The summed E-state index contributed by atoms with van der Waals surface area (Å²) in [5.41, 5.74) is 8.50. The fourth-order valence-corrected chi connectivity index (χ4v) is 3.96. The summed E-state index contributed by atoms with van der Waals surface area (Å²) in [4.78, 5) is 12.6. The molecule has 6 heteroatoms. The van der Waals surface area contributed by atoms with E-state index < -0.39 is 0 Å². The van der Waals surface area contributed by atoms with Crippen molar-refractivity contribution >= 4 is 21.9 Å². The summed E-state index contributed by atoms with van der Waals surface area (Å²) in [6, 6.07) is 14.4. The zero-order valence-corrected chi connectivity index (χ0v) is 18.0. The van der Waals surface area contributed by atoms with E-state index in [1.807, 2.05) is 36.7 Å². The number of aromatic nitrogens is 5. The van der Waals surface area contributed by atoms with Crippen LogP contribution >= 0.6 is 0 Å². The predicted molar refractivity (Wildman–Crippen MR) is 126 cm³/mol. The van der Waals surface area contributed by atoms with Crippen LogP contribution in [-0.4, -0.2) is 31.7 Å². The van der Waals surface area contributed by atoms with Crippen LogP contribution in [0.4, 0.5) is 0 Å². The fraction of sp³-hybridized carbons (Fsp3) is 0.240. The smallest absolute Gasteiger partial charge is 0.159 e. The normalized spacial score (nSPS) is 11.7. The van der Waals surface area contributed by atoms with Crippen LogP contribution in [-0.2, 0) is 6.54 Å². The summed E-state index contributed by atoms with van der Waals surface area (Å²) < 4.78 is 0. The van der Waals surface area contributed by atoms with Crippen molar-refractivity contribution < 1.29 is 0 Å². The van der Waals surface area contributed by atoms with Crippen molar-refractivity contribution in [3.8, 4) is 22.6 Å². The van der Waals surface area contributed by atoms with Gasteiger partial charge in [-0.3, -0.25) is 10.1 Å². The average Bonchev–Trinajstić information content (AvgIpc) is 3.38. The standard InChI is InChI=1S/C25H26N6/c1-15(2)11-26-12-18-13-27-14-20(16(18)3)17-8-9-21-19(10-17)24(31-30-21)25-28-22-6-4-5-7-23(22)29-25/h4-10,13-15,26H,11-12H2,1-3H3,(H,28,29)(H,30,31). The van der Waals surface area contributed by atoms with Crippen LogP contribution in [0.25, 0.3) is 44.6 Å². The van der Waals surface area contributed by atoms with Gasteiger partial charge in [0, 0.05) is 29.9 Å². The fourth-order valence-electron chi connectivity index (χ4n) is 3.96. The van der Waals surface area contributed by atoms with Crippen LogP contribution in [0.15, 0.2) is 54.9 Å². The number of para-hydroxylation sites is 2. The molecule has 0 spiro atoms. The third-order valence-corrected chi connectivity index (χ3v) is 5.68. The lowest BCUT2D eigenvalue weighted by molar-refractivity contribution is 0.551. The van der Waals surface area contributed by atoms with E-state index in [9.17, 15) is 0 Å². The van der Waals surface area contributed by atoms with Gasteiger partial charge < -0.3 is 10.3 Å². The topological polar surface area (TPSA) is 82.3 Å². The molecule has 31 heavy (non-hydrogen) atoms. The van der Waals surface area contributed by atoms with Gasteiger partial charge in [0.15, 0.2) is 5.82 Å². The molecule has 0 aliphatic carbocycles. The summed E-state index contributed by atoms with van der Waals surface area (Å²) in [6.45, 7) is 8.42. The van der Waals surface area contributed by atoms with Crippen molar-refractivity contribution in [3.63, 3.8) is 0 Å². The number of imidazole rings is 1. The molecule has 0 radical (unpaired) electrons. The van der Waals surface area contributed by atoms with Crippen molar-refractivity contribution in [2.24, 2.45) is 5.92 Å². The van der Waals surface area contributed by atoms with Crippen molar-refractivity contribution in [1.29, 1.82) is 0 Å². The number of nitrogens with zero attached hydrogens (tertiary/aromatic N) is 3. The Morgan fingerprint density at radius 2 is 1.90 bits per heavy atom. The molecule has 0 fully saturated rings. The summed E-state index contributed by atoms with van der Waals surface area (Å²) in [6.07, 6.45) is 3.91. The van der Waals surface area contributed by atoms with E-state index in [-0.39, 0.29) is 0 Å². The summed E-state index contributed by atoms with van der Waals surface area (Å²) in [5, 5.41) is 12.2. The molecule has 0 unspecified atom stereocenters. The molecule has 3 aromatic heterocycles. The van der Waals surface area contributed by atoms with Crippen molar-refractivity contribution in [2.75, 3.05) is 6.54 Å². The number of aromatic amines is 2. The predicted octanol–water partition coefficient (Wildman–Crippen LogP) is 5.22. The molecule has 0 bridgehead atoms. The highest BCUT2D eigenvalue weighted by atomic mass is 15.1. The van der Waals surface area contributed by atoms with E-state index in [1.54, 1.807) is 0 Å². The average molecular weight is 411 g/mol. The maximum atomic E-state index is 4.73. The molecule has 5 aromatic rings. The largest absolute Gasteiger partial charge is 0.337 e. The van der Waals surface area contributed by atoms with Gasteiger partial charge in [0.25, 0.3) is 0 Å². The lowest BCUT2D eigenvalue weighted by atomic mass is 9.97. The zero-order chi connectivity index (χ0) is 21.4. The number of H-pyrrole nitrogens is 2. The Morgan fingerprint density at radius 1 is 1.03 bits per heavy atom. The van der Waals surface area contributed by atoms with Crippen LogP contribution in [0.2, 0.25) is 0 Å². The van der Waals surface area contributed by atoms with Crippen molar-refractivity contribution in [3.05, 3.63) is 66.0 Å². The third-order valence-electron chi connectivity index (χ3n) is 5.68. The molecule has 6 nitrogen and oxygen atoms in total. The number of benzene rings is 2. The Balaban J connectivity index is 1.54. The molecule has 0 saturated heterocycles. The van der Waals surface area contributed by atoms with Crippen molar-refractivity contribution in [1.82, 2.24) is 30.5 Å². The first-order valence-electron chi connectivity index (χ1n) is 10.7. The maximum absolute atomic E-state index is 4.73. The molecular weight excluding hydrogens is 384 g/mol. The highest BCUT2D eigenvalue weighted by Gasteiger charge is 2.15. The molecule has 0 aliphatic rings. The molecule has 0 saturated carbocycles. The second-order valence-corrected chi connectivity index (χ2v) is 8.43. The highest BCUT2D eigenvalue weighted by Crippen LogP contribution is 2.32. The monoisotopic (exact) mass is 410 g/mol. The number of hydrogen-bond donors (Lipinski definition) is 3. The quantitative estimate of drug-likeness (QED) is 0.358. The van der Waals surface area contributed by atoms with Gasteiger partial charge in [-0.05, 0) is 60.3 Å². The zero-order valence-electron chi connectivity index (χ0n) is 18.0. The molecular formula is C25H26N6. The van der Waals surface area contributed by atoms with Gasteiger partial charge in [-0.15, -0.1) is 0 Å². The summed E-state index contributed by atoms with van der Waals surface area (Å²) in [7, 11) is 0. The molecule has 2 aromatic carbocycles. The Bertz CT molecular complexity index is 1330. The van der Waals surface area contributed by atoms with E-state index in [1.165, 1.54) is 11.1 Å². The number of hydrogen-bond acceptors (Lipinski definition) is 4. The van der Waals surface area contributed by atoms with Gasteiger partial charge in [-0.1, -0.05) is 32.0 Å². The number of pyridine rings is 1. The molecule has 0 amide bonds. The number of fused-ring (bicyclic) bond motifs is 2. The lowest BCUT2D eigenvalue weighted by Gasteiger charge is -2.13. The van der Waals surface area contributed by atoms with Gasteiger partial charge in [0.1, 0.15) is 5.69 Å². The van der Waals surface area contributed by atoms with E-state index in [0.29, 0.717) is 5.92 Å². The Kier molecular flexibility index (Phi) is 5.00. The van der Waals surface area contributed by atoms with Crippen LogP contribution in [0, 0.1) is 12.8 Å². The molecule has 0 atom stereocenters. The van der Waals surface area contributed by atoms with Gasteiger partial charge in [-0.2, -0.15) is 5.10 Å². The maximum Gasteiger partial charge on any atom is 0.159 e. The Labute approximate surface area is 181 Å². The minimum Gasteiger partial charge on any atom is -0.337 e. The molecule has 3 heterocycles. The minimum absolute atomic E-state index is 0.622. The van der Waals surface area contributed by atoms with Crippen LogP contribution in [0.5, 0.6) is 0 Å². The van der Waals surface area contributed by atoms with Crippen LogP contribution in [0.3, 0.4) is 0 Å². The first kappa shape index (κ1) is 19.5. The number of rotatable bonds is 6. The lowest BCUT2D eigenvalue weighted by Crippen LogP contribution is -2.19. The van der Waals surface area contributed by atoms with Gasteiger partial charge >= 0.3 is 0 Å². The van der Waals surface area contributed by atoms with Crippen LogP contribution < -0.4 is 5.32 Å². The third kappa shape index (κ3) is 3.70. The van der Waals surface area contributed by atoms with Gasteiger partial charge in [-0.25, -0.2) is 4.98 Å². The Morgan fingerprint density at radius 3 is 2.74 bits per heavy atom. The second-order valence-electron chi connectivity index (χ2n) is 8.43. The molecule has 0 aliphatic heterocycles. The SMILES string of the molecule is Cc1c(CNCC(C)C)cncc1-c1ccc2[nH]nc(-c3nc4ccccc4[nH]3)c2c1. The van der Waals surface area contributed by atoms with E-state index in [4.69, 9.17) is 4.98 Å². The first-order valence-corrected chi connectivity index (χ1v) is 10.7. The highest BCUT2D eigenvalue weighted by molar-refractivity contribution is 5.95. The van der Waals surface area contributed by atoms with Crippen LogP contribution in [0.1, 0.15) is 25.0 Å². The van der Waals surface area contributed by atoms with E-state index in [2.05, 4.69) is 64.5 Å². The summed E-state index contributed by atoms with van der Waals surface area (Å²) >= 11 is 0.